The first-order chi connectivity index (χ1) is 9.24. The summed E-state index contributed by atoms with van der Waals surface area (Å²) in [7, 11) is -1.92. The average molecular weight is 316 g/mol. The number of thiazole rings is 1. The molecule has 20 heavy (non-hydrogen) atoms. The maximum atomic E-state index is 12.5. The Hall–Kier alpha value is -1.12. The standard InChI is InChI=1S/C12H20N4O2S2/c1-12(2,3)5-6-14-20(17,18)10-9(13-4)15-11-16(10)7-8-19-11/h7-8,13-14H,5-6H2,1-4H3. The molecule has 0 atom stereocenters. The third-order valence-corrected chi connectivity index (χ3v) is 5.12. The van der Waals surface area contributed by atoms with Crippen LogP contribution in [0.3, 0.4) is 0 Å². The molecular weight excluding hydrogens is 296 g/mol. The van der Waals surface area contributed by atoms with Gasteiger partial charge in [-0.1, -0.05) is 20.8 Å². The van der Waals surface area contributed by atoms with Gasteiger partial charge in [-0.15, -0.1) is 11.3 Å². The molecule has 8 heteroatoms. The fourth-order valence-corrected chi connectivity index (χ4v) is 3.90. The predicted molar refractivity (Wildman–Crippen MR) is 81.9 cm³/mol. The normalized spacial score (nSPS) is 13.0. The molecule has 2 aromatic rings. The lowest BCUT2D eigenvalue weighted by molar-refractivity contribution is 0.378. The molecule has 6 nitrogen and oxygen atoms in total. The van der Waals surface area contributed by atoms with Gasteiger partial charge in [-0.3, -0.25) is 4.40 Å². The summed E-state index contributed by atoms with van der Waals surface area (Å²) in [6.07, 6.45) is 2.48. The molecule has 0 aromatic carbocycles. The van der Waals surface area contributed by atoms with E-state index in [4.69, 9.17) is 0 Å². The number of nitrogens with one attached hydrogen (secondary N) is 2. The molecule has 2 heterocycles. The van der Waals surface area contributed by atoms with Crippen molar-refractivity contribution >= 4 is 32.1 Å². The maximum absolute atomic E-state index is 12.5. The first kappa shape index (κ1) is 15.3. The van der Waals surface area contributed by atoms with Crippen LogP contribution in [0.5, 0.6) is 0 Å². The van der Waals surface area contributed by atoms with Gasteiger partial charge in [0.25, 0.3) is 10.0 Å². The second-order valence-corrected chi connectivity index (χ2v) is 8.33. The zero-order valence-corrected chi connectivity index (χ0v) is 13.7. The third-order valence-electron chi connectivity index (χ3n) is 2.88. The SMILES string of the molecule is CNc1nc2sccn2c1S(=O)(=O)NCCC(C)(C)C. The van der Waals surface area contributed by atoms with Gasteiger partial charge in [0, 0.05) is 25.2 Å². The van der Waals surface area contributed by atoms with Crippen molar-refractivity contribution in [1.82, 2.24) is 14.1 Å². The fourth-order valence-electron chi connectivity index (χ4n) is 1.81. The van der Waals surface area contributed by atoms with Gasteiger partial charge in [-0.25, -0.2) is 18.1 Å². The van der Waals surface area contributed by atoms with Crippen molar-refractivity contribution in [3.05, 3.63) is 11.6 Å². The fraction of sp³-hybridized carbons (Fsp3) is 0.583. The molecule has 0 spiro atoms. The van der Waals surface area contributed by atoms with Crippen molar-refractivity contribution < 1.29 is 8.42 Å². The van der Waals surface area contributed by atoms with E-state index < -0.39 is 10.0 Å². The van der Waals surface area contributed by atoms with E-state index in [1.165, 1.54) is 11.3 Å². The highest BCUT2D eigenvalue weighted by Crippen LogP contribution is 2.25. The smallest absolute Gasteiger partial charge is 0.260 e. The van der Waals surface area contributed by atoms with Crippen LogP contribution in [0.25, 0.3) is 4.96 Å². The van der Waals surface area contributed by atoms with Crippen LogP contribution in [0.2, 0.25) is 0 Å². The van der Waals surface area contributed by atoms with Gasteiger partial charge in [0.1, 0.15) is 0 Å². The summed E-state index contributed by atoms with van der Waals surface area (Å²) < 4.78 is 29.2. The van der Waals surface area contributed by atoms with E-state index in [2.05, 4.69) is 35.8 Å². The number of imidazole rings is 1. The van der Waals surface area contributed by atoms with Crippen LogP contribution in [0.4, 0.5) is 5.82 Å². The van der Waals surface area contributed by atoms with E-state index in [0.717, 1.165) is 6.42 Å². The van der Waals surface area contributed by atoms with Crippen molar-refractivity contribution in [2.24, 2.45) is 5.41 Å². The predicted octanol–water partition coefficient (Wildman–Crippen LogP) is 2.15. The van der Waals surface area contributed by atoms with Gasteiger partial charge in [0.2, 0.25) is 0 Å². The van der Waals surface area contributed by atoms with Crippen LogP contribution in [0.1, 0.15) is 27.2 Å². The van der Waals surface area contributed by atoms with Gasteiger partial charge in [0.15, 0.2) is 15.8 Å². The molecule has 0 aliphatic heterocycles. The summed E-state index contributed by atoms with van der Waals surface area (Å²) in [6, 6.07) is 0. The molecule has 0 bridgehead atoms. The van der Waals surface area contributed by atoms with Crippen molar-refractivity contribution in [2.45, 2.75) is 32.2 Å². The van der Waals surface area contributed by atoms with Crippen molar-refractivity contribution in [2.75, 3.05) is 18.9 Å². The molecule has 112 valence electrons. The van der Waals surface area contributed by atoms with E-state index in [-0.39, 0.29) is 10.4 Å². The highest BCUT2D eigenvalue weighted by atomic mass is 32.2. The minimum Gasteiger partial charge on any atom is -0.371 e. The number of fused-ring (bicyclic) bond motifs is 1. The number of anilines is 1. The zero-order chi connectivity index (χ0) is 15.0. The molecule has 0 saturated carbocycles. The Morgan fingerprint density at radius 3 is 2.70 bits per heavy atom. The molecule has 0 amide bonds. The summed E-state index contributed by atoms with van der Waals surface area (Å²) in [5.74, 6) is 0.375. The monoisotopic (exact) mass is 316 g/mol. The Bertz CT molecular complexity index is 695. The van der Waals surface area contributed by atoms with Gasteiger partial charge in [-0.2, -0.15) is 0 Å². The van der Waals surface area contributed by atoms with Gasteiger partial charge >= 0.3 is 0 Å². The Morgan fingerprint density at radius 1 is 1.40 bits per heavy atom. The zero-order valence-electron chi connectivity index (χ0n) is 12.1. The van der Waals surface area contributed by atoms with E-state index in [9.17, 15) is 8.42 Å². The number of nitrogens with zero attached hydrogens (tertiary/aromatic N) is 2. The molecule has 2 N–H and O–H groups in total. The van der Waals surface area contributed by atoms with Crippen LogP contribution in [-0.2, 0) is 10.0 Å². The molecular formula is C12H20N4O2S2. The van der Waals surface area contributed by atoms with Crippen LogP contribution >= 0.6 is 11.3 Å². The van der Waals surface area contributed by atoms with Crippen molar-refractivity contribution in [3.8, 4) is 0 Å². The Morgan fingerprint density at radius 2 is 2.10 bits per heavy atom. The van der Waals surface area contributed by atoms with E-state index >= 15 is 0 Å². The number of rotatable bonds is 5. The third kappa shape index (κ3) is 3.13. The second kappa shape index (κ2) is 5.34. The molecule has 2 rings (SSSR count). The molecule has 0 fully saturated rings. The largest absolute Gasteiger partial charge is 0.371 e. The highest BCUT2D eigenvalue weighted by molar-refractivity contribution is 7.89. The van der Waals surface area contributed by atoms with Crippen LogP contribution in [0, 0.1) is 5.41 Å². The quantitative estimate of drug-likeness (QED) is 0.886. The molecule has 2 aromatic heterocycles. The molecule has 0 aliphatic carbocycles. The lowest BCUT2D eigenvalue weighted by atomic mass is 9.93. The van der Waals surface area contributed by atoms with Crippen LogP contribution < -0.4 is 10.0 Å². The number of hydrogen-bond donors (Lipinski definition) is 2. The molecule has 0 unspecified atom stereocenters. The number of hydrogen-bond acceptors (Lipinski definition) is 5. The Labute approximate surface area is 123 Å². The van der Waals surface area contributed by atoms with E-state index in [1.54, 1.807) is 17.6 Å². The summed E-state index contributed by atoms with van der Waals surface area (Å²) in [4.78, 5) is 4.92. The van der Waals surface area contributed by atoms with Crippen LogP contribution in [-0.4, -0.2) is 31.4 Å². The van der Waals surface area contributed by atoms with E-state index in [1.807, 2.05) is 5.38 Å². The number of sulfonamides is 1. The van der Waals surface area contributed by atoms with Crippen LogP contribution in [0.15, 0.2) is 16.6 Å². The van der Waals surface area contributed by atoms with Gasteiger partial charge in [0.05, 0.1) is 0 Å². The topological polar surface area (TPSA) is 75.5 Å². The maximum Gasteiger partial charge on any atom is 0.260 e. The summed E-state index contributed by atoms with van der Waals surface area (Å²) in [5, 5.41) is 4.83. The van der Waals surface area contributed by atoms with Crippen molar-refractivity contribution in [3.63, 3.8) is 0 Å². The first-order valence-electron chi connectivity index (χ1n) is 6.37. The average Bonchev–Trinajstić information content (AvgIpc) is 2.84. The lowest BCUT2D eigenvalue weighted by Gasteiger charge is -2.18. The summed E-state index contributed by atoms with van der Waals surface area (Å²) in [6.45, 7) is 6.65. The second-order valence-electron chi connectivity index (χ2n) is 5.78. The van der Waals surface area contributed by atoms with Gasteiger partial charge in [-0.05, 0) is 11.8 Å². The highest BCUT2D eigenvalue weighted by Gasteiger charge is 2.25. The Balaban J connectivity index is 2.29. The summed E-state index contributed by atoms with van der Waals surface area (Å²) in [5.41, 5.74) is 0.0868. The van der Waals surface area contributed by atoms with Crippen molar-refractivity contribution in [1.29, 1.82) is 0 Å². The Kier molecular flexibility index (Phi) is 4.08. The number of aromatic nitrogens is 2. The molecule has 0 radical (unpaired) electrons. The van der Waals surface area contributed by atoms with Gasteiger partial charge < -0.3 is 5.32 Å². The lowest BCUT2D eigenvalue weighted by Crippen LogP contribution is -2.28. The minimum atomic E-state index is -3.58. The molecule has 0 saturated heterocycles. The first-order valence-corrected chi connectivity index (χ1v) is 8.74. The van der Waals surface area contributed by atoms with E-state index in [0.29, 0.717) is 17.3 Å². The molecule has 0 aliphatic rings. The summed E-state index contributed by atoms with van der Waals surface area (Å²) >= 11 is 1.40. The minimum absolute atomic E-state index is 0.0868.